The van der Waals surface area contributed by atoms with Gasteiger partial charge in [-0.2, -0.15) is 0 Å². The van der Waals surface area contributed by atoms with Crippen molar-refractivity contribution in [2.24, 2.45) is 0 Å². The highest BCUT2D eigenvalue weighted by molar-refractivity contribution is 5.88. The van der Waals surface area contributed by atoms with Crippen molar-refractivity contribution in [1.29, 1.82) is 0 Å². The van der Waals surface area contributed by atoms with Crippen molar-refractivity contribution >= 4 is 11.9 Å². The van der Waals surface area contributed by atoms with Gasteiger partial charge in [0.25, 0.3) is 0 Å². The van der Waals surface area contributed by atoms with Crippen LogP contribution in [0.1, 0.15) is 55.5 Å². The normalized spacial score (nSPS) is 15.4. The molecule has 1 aliphatic rings. The van der Waals surface area contributed by atoms with Gasteiger partial charge >= 0.3 is 5.97 Å². The third-order valence-corrected chi connectivity index (χ3v) is 4.09. The molecular weight excluding hydrogens is 266 g/mol. The molecule has 4 nitrogen and oxygen atoms in total. The van der Waals surface area contributed by atoms with Crippen LogP contribution in [0.3, 0.4) is 0 Å². The lowest BCUT2D eigenvalue weighted by atomic mass is 10.1. The molecule has 114 valence electrons. The molecule has 0 heterocycles. The van der Waals surface area contributed by atoms with E-state index < -0.39 is 5.97 Å². The molecule has 0 aliphatic heterocycles. The molecule has 0 radical (unpaired) electrons. The van der Waals surface area contributed by atoms with E-state index in [-0.39, 0.29) is 23.9 Å². The van der Waals surface area contributed by atoms with E-state index in [1.807, 2.05) is 24.8 Å². The Labute approximate surface area is 125 Å². The number of hydrogen-bond donors (Lipinski definition) is 1. The van der Waals surface area contributed by atoms with E-state index in [1.54, 1.807) is 18.2 Å². The van der Waals surface area contributed by atoms with E-state index in [9.17, 15) is 9.59 Å². The molecule has 4 heteroatoms. The van der Waals surface area contributed by atoms with Crippen LogP contribution in [0.25, 0.3) is 0 Å². The van der Waals surface area contributed by atoms with Crippen LogP contribution in [0.15, 0.2) is 24.3 Å². The molecule has 21 heavy (non-hydrogen) atoms. The maximum Gasteiger partial charge on any atom is 0.335 e. The third kappa shape index (κ3) is 3.84. The van der Waals surface area contributed by atoms with Crippen molar-refractivity contribution in [3.8, 4) is 0 Å². The lowest BCUT2D eigenvalue weighted by Crippen LogP contribution is -2.44. The fraction of sp³-hybridized carbons (Fsp3) is 0.529. The number of rotatable bonds is 5. The van der Waals surface area contributed by atoms with Crippen molar-refractivity contribution in [3.63, 3.8) is 0 Å². The lowest BCUT2D eigenvalue weighted by Gasteiger charge is -2.33. The minimum absolute atomic E-state index is 0.0967. The Morgan fingerprint density at radius 1 is 1.29 bits per heavy atom. The number of benzene rings is 1. The van der Waals surface area contributed by atoms with Crippen LogP contribution in [0.2, 0.25) is 0 Å². The second-order valence-corrected chi connectivity index (χ2v) is 6.02. The smallest absolute Gasteiger partial charge is 0.335 e. The van der Waals surface area contributed by atoms with E-state index in [0.717, 1.165) is 18.4 Å². The average Bonchev–Trinajstić information content (AvgIpc) is 2.92. The summed E-state index contributed by atoms with van der Waals surface area (Å²) in [7, 11) is 0. The maximum atomic E-state index is 12.6. The predicted molar refractivity (Wildman–Crippen MR) is 81.3 cm³/mol. The number of carbonyl (C=O) groups excluding carboxylic acids is 1. The second-order valence-electron chi connectivity index (χ2n) is 6.02. The van der Waals surface area contributed by atoms with Crippen LogP contribution in [-0.4, -0.2) is 34.0 Å². The van der Waals surface area contributed by atoms with Gasteiger partial charge < -0.3 is 10.0 Å². The lowest BCUT2D eigenvalue weighted by molar-refractivity contribution is -0.134. The number of aromatic carboxylic acids is 1. The van der Waals surface area contributed by atoms with Crippen LogP contribution >= 0.6 is 0 Å². The topological polar surface area (TPSA) is 57.6 Å². The number of nitrogens with zero attached hydrogens (tertiary/aromatic N) is 1. The molecule has 2 rings (SSSR count). The molecule has 0 bridgehead atoms. The molecule has 1 amide bonds. The Kier molecular flexibility index (Phi) is 4.99. The quantitative estimate of drug-likeness (QED) is 0.906. The molecule has 0 spiro atoms. The number of carbonyl (C=O) groups is 2. The Morgan fingerprint density at radius 3 is 2.52 bits per heavy atom. The molecule has 0 saturated heterocycles. The fourth-order valence-electron chi connectivity index (χ4n) is 3.18. The first kappa shape index (κ1) is 15.5. The Balaban J connectivity index is 2.11. The molecule has 1 aromatic rings. The second kappa shape index (κ2) is 6.74. The fourth-order valence-corrected chi connectivity index (χ4v) is 3.18. The SMILES string of the molecule is CC(C)N(C(=O)Cc1cccc(C(=O)O)c1)C1CCCC1. The van der Waals surface area contributed by atoms with Crippen molar-refractivity contribution in [3.05, 3.63) is 35.4 Å². The van der Waals surface area contributed by atoms with Crippen LogP contribution in [-0.2, 0) is 11.2 Å². The van der Waals surface area contributed by atoms with Crippen LogP contribution in [0.4, 0.5) is 0 Å². The molecule has 1 saturated carbocycles. The van der Waals surface area contributed by atoms with E-state index in [2.05, 4.69) is 0 Å². The van der Waals surface area contributed by atoms with Crippen molar-refractivity contribution in [1.82, 2.24) is 4.90 Å². The number of amides is 1. The number of hydrogen-bond acceptors (Lipinski definition) is 2. The van der Waals surface area contributed by atoms with E-state index in [0.29, 0.717) is 6.04 Å². The zero-order chi connectivity index (χ0) is 15.4. The van der Waals surface area contributed by atoms with Gasteiger partial charge in [0.1, 0.15) is 0 Å². The summed E-state index contributed by atoms with van der Waals surface area (Å²) in [5, 5.41) is 9.02. The van der Waals surface area contributed by atoms with Gasteiger partial charge in [0.15, 0.2) is 0 Å². The molecule has 1 fully saturated rings. The molecule has 1 N–H and O–H groups in total. The van der Waals surface area contributed by atoms with Gasteiger partial charge in [0, 0.05) is 12.1 Å². The summed E-state index contributed by atoms with van der Waals surface area (Å²) in [6, 6.07) is 7.18. The standard InChI is InChI=1S/C17H23NO3/c1-12(2)18(15-8-3-4-9-15)16(19)11-13-6-5-7-14(10-13)17(20)21/h5-7,10,12,15H,3-4,8-9,11H2,1-2H3,(H,20,21). The number of carboxylic acid groups (broad SMARTS) is 1. The van der Waals surface area contributed by atoms with Gasteiger partial charge in [-0.05, 0) is 44.4 Å². The van der Waals surface area contributed by atoms with Crippen LogP contribution in [0, 0.1) is 0 Å². The first-order valence-electron chi connectivity index (χ1n) is 7.62. The third-order valence-electron chi connectivity index (χ3n) is 4.09. The van der Waals surface area contributed by atoms with E-state index >= 15 is 0 Å². The highest BCUT2D eigenvalue weighted by Crippen LogP contribution is 2.26. The van der Waals surface area contributed by atoms with E-state index in [4.69, 9.17) is 5.11 Å². The minimum atomic E-state index is -0.958. The summed E-state index contributed by atoms with van der Waals surface area (Å²) >= 11 is 0. The molecular formula is C17H23NO3. The maximum absolute atomic E-state index is 12.6. The zero-order valence-electron chi connectivity index (χ0n) is 12.7. The highest BCUT2D eigenvalue weighted by Gasteiger charge is 2.28. The van der Waals surface area contributed by atoms with Gasteiger partial charge in [-0.25, -0.2) is 4.79 Å². The van der Waals surface area contributed by atoms with Crippen LogP contribution < -0.4 is 0 Å². The summed E-state index contributed by atoms with van der Waals surface area (Å²) in [5.41, 5.74) is 1.00. The highest BCUT2D eigenvalue weighted by atomic mass is 16.4. The first-order valence-corrected chi connectivity index (χ1v) is 7.62. The summed E-state index contributed by atoms with van der Waals surface area (Å²) in [4.78, 5) is 25.6. The Hall–Kier alpha value is -1.84. The molecule has 0 atom stereocenters. The summed E-state index contributed by atoms with van der Waals surface area (Å²) in [6.45, 7) is 4.09. The predicted octanol–water partition coefficient (Wildman–Crippen LogP) is 3.11. The summed E-state index contributed by atoms with van der Waals surface area (Å²) in [5.74, 6) is -0.861. The monoisotopic (exact) mass is 289 g/mol. The largest absolute Gasteiger partial charge is 0.478 e. The summed E-state index contributed by atoms with van der Waals surface area (Å²) < 4.78 is 0. The zero-order valence-corrected chi connectivity index (χ0v) is 12.7. The van der Waals surface area contributed by atoms with Crippen molar-refractivity contribution in [2.75, 3.05) is 0 Å². The molecule has 0 unspecified atom stereocenters. The van der Waals surface area contributed by atoms with Gasteiger partial charge in [-0.15, -0.1) is 0 Å². The Bertz CT molecular complexity index is 519. The van der Waals surface area contributed by atoms with Gasteiger partial charge in [-0.1, -0.05) is 25.0 Å². The van der Waals surface area contributed by atoms with E-state index in [1.165, 1.54) is 12.8 Å². The molecule has 1 aromatic carbocycles. The van der Waals surface area contributed by atoms with Gasteiger partial charge in [-0.3, -0.25) is 4.79 Å². The molecule has 0 aromatic heterocycles. The minimum Gasteiger partial charge on any atom is -0.478 e. The van der Waals surface area contributed by atoms with Gasteiger partial charge in [0.05, 0.1) is 12.0 Å². The van der Waals surface area contributed by atoms with Gasteiger partial charge in [0.2, 0.25) is 5.91 Å². The first-order chi connectivity index (χ1) is 9.99. The average molecular weight is 289 g/mol. The van der Waals surface area contributed by atoms with Crippen LogP contribution in [0.5, 0.6) is 0 Å². The van der Waals surface area contributed by atoms with Crippen molar-refractivity contribution in [2.45, 2.75) is 58.0 Å². The number of carboxylic acids is 1. The summed E-state index contributed by atoms with van der Waals surface area (Å²) in [6.07, 6.45) is 4.82. The Morgan fingerprint density at radius 2 is 1.95 bits per heavy atom. The molecule has 1 aliphatic carbocycles. The van der Waals surface area contributed by atoms with Crippen molar-refractivity contribution < 1.29 is 14.7 Å².